The molecular weight excluding hydrogens is 300 g/mol. The number of amides is 1. The van der Waals surface area contributed by atoms with Crippen LogP contribution < -0.4 is 5.32 Å². The van der Waals surface area contributed by atoms with E-state index in [0.29, 0.717) is 12.5 Å². The zero-order valence-electron chi connectivity index (χ0n) is 14.5. The fraction of sp³-hybridized carbons (Fsp3) is 0.474. The van der Waals surface area contributed by atoms with Crippen LogP contribution in [0.15, 0.2) is 42.7 Å². The maximum Gasteiger partial charge on any atom is 0.239 e. The molecule has 0 saturated carbocycles. The molecule has 2 aromatic rings. The van der Waals surface area contributed by atoms with Crippen molar-refractivity contribution in [1.82, 2.24) is 19.8 Å². The fourth-order valence-electron chi connectivity index (χ4n) is 3.37. The minimum absolute atomic E-state index is 0.123. The Morgan fingerprint density at radius 1 is 1.42 bits per heavy atom. The van der Waals surface area contributed by atoms with Crippen LogP contribution in [-0.4, -0.2) is 40.0 Å². The van der Waals surface area contributed by atoms with Crippen LogP contribution in [0.5, 0.6) is 0 Å². The Labute approximate surface area is 143 Å². The number of hydrogen-bond donors (Lipinski definition) is 1. The minimum Gasteiger partial charge on any atom is -0.340 e. The van der Waals surface area contributed by atoms with Crippen LogP contribution in [0.1, 0.15) is 37.1 Å². The maximum absolute atomic E-state index is 12.6. The van der Waals surface area contributed by atoms with Crippen molar-refractivity contribution in [3.05, 3.63) is 54.1 Å². The van der Waals surface area contributed by atoms with Crippen LogP contribution >= 0.6 is 0 Å². The number of imidazole rings is 1. The maximum atomic E-state index is 12.6. The molecule has 0 fully saturated rings. The predicted octanol–water partition coefficient (Wildman–Crippen LogP) is 2.40. The van der Waals surface area contributed by atoms with E-state index >= 15 is 0 Å². The molecule has 5 heteroatoms. The third kappa shape index (κ3) is 3.85. The number of likely N-dealkylation sites (N-methyl/N-ethyl adjacent to an activating group) is 1. The average Bonchev–Trinajstić information content (AvgIpc) is 3.09. The highest BCUT2D eigenvalue weighted by molar-refractivity contribution is 5.81. The molecule has 0 aliphatic carbocycles. The number of benzene rings is 1. The van der Waals surface area contributed by atoms with Crippen molar-refractivity contribution < 1.29 is 4.79 Å². The number of nitrogens with zero attached hydrogens (tertiary/aromatic N) is 3. The van der Waals surface area contributed by atoms with Gasteiger partial charge in [0, 0.05) is 45.0 Å². The Kier molecular flexibility index (Phi) is 5.30. The summed E-state index contributed by atoms with van der Waals surface area (Å²) < 4.78 is 2.23. The van der Waals surface area contributed by atoms with Crippen LogP contribution in [0.3, 0.4) is 0 Å². The largest absolute Gasteiger partial charge is 0.340 e. The summed E-state index contributed by atoms with van der Waals surface area (Å²) >= 11 is 0. The Morgan fingerprint density at radius 3 is 3.00 bits per heavy atom. The van der Waals surface area contributed by atoms with Crippen molar-refractivity contribution in [1.29, 1.82) is 0 Å². The summed E-state index contributed by atoms with van der Waals surface area (Å²) in [7, 11) is 1.86. The molecule has 1 aliphatic heterocycles. The first-order valence-electron chi connectivity index (χ1n) is 8.68. The van der Waals surface area contributed by atoms with Crippen molar-refractivity contribution in [3.8, 4) is 0 Å². The van der Waals surface area contributed by atoms with E-state index in [0.717, 1.165) is 30.9 Å². The highest BCUT2D eigenvalue weighted by atomic mass is 16.2. The molecule has 0 radical (unpaired) electrons. The Morgan fingerprint density at radius 2 is 2.21 bits per heavy atom. The standard InChI is InChI=1S/C19H26N4O/c1-15(19(24)22(2)14-16-7-4-3-5-8-16)21-13-17-9-6-11-23-12-10-20-18(17)23/h3-5,7-8,10,12,15,17,21H,6,9,11,13-14H2,1-2H3. The topological polar surface area (TPSA) is 50.2 Å². The Balaban J connectivity index is 1.52. The molecule has 3 rings (SSSR count). The second kappa shape index (κ2) is 7.62. The van der Waals surface area contributed by atoms with E-state index in [9.17, 15) is 4.79 Å². The molecule has 0 saturated heterocycles. The lowest BCUT2D eigenvalue weighted by atomic mass is 9.98. The molecule has 2 unspecified atom stereocenters. The van der Waals surface area contributed by atoms with Crippen LogP contribution in [0, 0.1) is 0 Å². The molecule has 1 amide bonds. The van der Waals surface area contributed by atoms with Crippen LogP contribution in [-0.2, 0) is 17.9 Å². The first kappa shape index (κ1) is 16.7. The second-order valence-electron chi connectivity index (χ2n) is 6.63. The Bertz CT molecular complexity index is 667. The van der Waals surface area contributed by atoms with E-state index < -0.39 is 0 Å². The van der Waals surface area contributed by atoms with E-state index in [1.54, 1.807) is 4.90 Å². The molecule has 2 heterocycles. The van der Waals surface area contributed by atoms with Gasteiger partial charge in [-0.1, -0.05) is 30.3 Å². The number of carbonyl (C=O) groups excluding carboxylic acids is 1. The molecule has 1 N–H and O–H groups in total. The van der Waals surface area contributed by atoms with Gasteiger partial charge < -0.3 is 14.8 Å². The molecular formula is C19H26N4O. The van der Waals surface area contributed by atoms with Gasteiger partial charge in [-0.05, 0) is 25.3 Å². The molecule has 1 aromatic carbocycles. The number of aromatic nitrogens is 2. The van der Waals surface area contributed by atoms with E-state index in [-0.39, 0.29) is 11.9 Å². The van der Waals surface area contributed by atoms with Crippen molar-refractivity contribution in [3.63, 3.8) is 0 Å². The number of carbonyl (C=O) groups is 1. The summed E-state index contributed by atoms with van der Waals surface area (Å²) in [6.45, 7) is 4.43. The van der Waals surface area contributed by atoms with E-state index in [1.165, 1.54) is 6.42 Å². The van der Waals surface area contributed by atoms with Gasteiger partial charge in [0.1, 0.15) is 5.82 Å². The van der Waals surface area contributed by atoms with E-state index in [4.69, 9.17) is 0 Å². The number of fused-ring (bicyclic) bond motifs is 1. The molecule has 0 spiro atoms. The molecule has 24 heavy (non-hydrogen) atoms. The monoisotopic (exact) mass is 326 g/mol. The third-order valence-corrected chi connectivity index (χ3v) is 4.74. The summed E-state index contributed by atoms with van der Waals surface area (Å²) in [5.41, 5.74) is 1.15. The zero-order valence-corrected chi connectivity index (χ0v) is 14.5. The van der Waals surface area contributed by atoms with Gasteiger partial charge in [-0.2, -0.15) is 0 Å². The lowest BCUT2D eigenvalue weighted by Crippen LogP contribution is -2.44. The number of hydrogen-bond acceptors (Lipinski definition) is 3. The van der Waals surface area contributed by atoms with Gasteiger partial charge in [0.2, 0.25) is 5.91 Å². The molecule has 1 aromatic heterocycles. The van der Waals surface area contributed by atoms with Crippen LogP contribution in [0.25, 0.3) is 0 Å². The lowest BCUT2D eigenvalue weighted by Gasteiger charge is -2.27. The third-order valence-electron chi connectivity index (χ3n) is 4.74. The average molecular weight is 326 g/mol. The van der Waals surface area contributed by atoms with Gasteiger partial charge in [-0.25, -0.2) is 4.98 Å². The van der Waals surface area contributed by atoms with Gasteiger partial charge in [-0.3, -0.25) is 4.79 Å². The first-order chi connectivity index (χ1) is 11.6. The second-order valence-corrected chi connectivity index (χ2v) is 6.63. The Hall–Kier alpha value is -2.14. The van der Waals surface area contributed by atoms with Gasteiger partial charge in [-0.15, -0.1) is 0 Å². The fourth-order valence-corrected chi connectivity index (χ4v) is 3.37. The van der Waals surface area contributed by atoms with E-state index in [1.807, 2.05) is 56.7 Å². The van der Waals surface area contributed by atoms with Gasteiger partial charge >= 0.3 is 0 Å². The van der Waals surface area contributed by atoms with Crippen molar-refractivity contribution in [2.75, 3.05) is 13.6 Å². The summed E-state index contributed by atoms with van der Waals surface area (Å²) in [4.78, 5) is 18.8. The number of aryl methyl sites for hydroxylation is 1. The molecule has 5 nitrogen and oxygen atoms in total. The summed E-state index contributed by atoms with van der Waals surface area (Å²) in [6.07, 6.45) is 6.22. The van der Waals surface area contributed by atoms with Crippen LogP contribution in [0.4, 0.5) is 0 Å². The van der Waals surface area contributed by atoms with Crippen LogP contribution in [0.2, 0.25) is 0 Å². The summed E-state index contributed by atoms with van der Waals surface area (Å²) in [6, 6.07) is 9.89. The number of nitrogens with one attached hydrogen (secondary N) is 1. The smallest absolute Gasteiger partial charge is 0.239 e. The molecule has 128 valence electrons. The van der Waals surface area contributed by atoms with Crippen molar-refractivity contribution >= 4 is 5.91 Å². The highest BCUT2D eigenvalue weighted by Crippen LogP contribution is 2.24. The van der Waals surface area contributed by atoms with Crippen molar-refractivity contribution in [2.45, 2.75) is 44.8 Å². The quantitative estimate of drug-likeness (QED) is 0.887. The predicted molar refractivity (Wildman–Crippen MR) is 94.6 cm³/mol. The SMILES string of the molecule is CC(NCC1CCCn2ccnc21)C(=O)N(C)Cc1ccccc1. The molecule has 1 aliphatic rings. The number of rotatable bonds is 6. The zero-order chi connectivity index (χ0) is 16.9. The molecule has 0 bridgehead atoms. The lowest BCUT2D eigenvalue weighted by molar-refractivity contribution is -0.132. The highest BCUT2D eigenvalue weighted by Gasteiger charge is 2.24. The van der Waals surface area contributed by atoms with Crippen molar-refractivity contribution in [2.24, 2.45) is 0 Å². The summed E-state index contributed by atoms with van der Waals surface area (Å²) in [5, 5.41) is 3.40. The van der Waals surface area contributed by atoms with E-state index in [2.05, 4.69) is 14.9 Å². The normalized spacial score (nSPS) is 18.0. The first-order valence-corrected chi connectivity index (χ1v) is 8.68. The molecule has 2 atom stereocenters. The minimum atomic E-state index is -0.191. The van der Waals surface area contributed by atoms with Gasteiger partial charge in [0.25, 0.3) is 0 Å². The van der Waals surface area contributed by atoms with Gasteiger partial charge in [0.05, 0.1) is 6.04 Å². The van der Waals surface area contributed by atoms with Gasteiger partial charge in [0.15, 0.2) is 0 Å². The summed E-state index contributed by atoms with van der Waals surface area (Å²) in [5.74, 6) is 1.66.